The number of benzene rings is 3. The first-order valence-electron chi connectivity index (χ1n) is 11.3. The maximum Gasteiger partial charge on any atom is 0.344 e. The van der Waals surface area contributed by atoms with Gasteiger partial charge in [0.25, 0.3) is 0 Å². The van der Waals surface area contributed by atoms with Gasteiger partial charge in [0.05, 0.1) is 31.1 Å². The molecule has 1 aliphatic rings. The molecule has 1 fully saturated rings. The summed E-state index contributed by atoms with van der Waals surface area (Å²) in [4.78, 5) is 13.2. The van der Waals surface area contributed by atoms with E-state index < -0.39 is 36.1 Å². The molecule has 0 bridgehead atoms. The molecule has 9 nitrogen and oxygen atoms in total. The van der Waals surface area contributed by atoms with Crippen LogP contribution in [-0.4, -0.2) is 59.1 Å². The van der Waals surface area contributed by atoms with Crippen LogP contribution < -0.4 is 15.1 Å². The van der Waals surface area contributed by atoms with Crippen molar-refractivity contribution in [2.45, 2.75) is 37.4 Å². The van der Waals surface area contributed by atoms with Gasteiger partial charge in [-0.1, -0.05) is 18.7 Å². The Balaban J connectivity index is 1.97. The van der Waals surface area contributed by atoms with Gasteiger partial charge in [-0.25, -0.2) is 4.79 Å². The van der Waals surface area contributed by atoms with E-state index in [1.165, 1.54) is 26.4 Å². The first-order chi connectivity index (χ1) is 17.2. The van der Waals surface area contributed by atoms with Gasteiger partial charge in [-0.2, -0.15) is 0 Å². The highest BCUT2D eigenvalue weighted by atomic mass is 16.5. The second kappa shape index (κ2) is 8.79. The van der Waals surface area contributed by atoms with Crippen LogP contribution in [0.15, 0.2) is 46.1 Å². The van der Waals surface area contributed by atoms with Crippen molar-refractivity contribution in [1.29, 1.82) is 0 Å². The number of aliphatic hydroxyl groups excluding tert-OH is 3. The van der Waals surface area contributed by atoms with Crippen molar-refractivity contribution in [2.24, 2.45) is 0 Å². The minimum absolute atomic E-state index is 0.114. The van der Waals surface area contributed by atoms with Gasteiger partial charge in [-0.05, 0) is 42.3 Å². The number of hydrogen-bond donors (Lipinski definition) is 4. The second-order valence-electron chi connectivity index (χ2n) is 8.85. The lowest BCUT2D eigenvalue weighted by atomic mass is 9.88. The summed E-state index contributed by atoms with van der Waals surface area (Å²) >= 11 is 0. The predicted molar refractivity (Wildman–Crippen MR) is 134 cm³/mol. The zero-order valence-corrected chi connectivity index (χ0v) is 19.9. The molecular formula is C27H26O9. The molecule has 36 heavy (non-hydrogen) atoms. The van der Waals surface area contributed by atoms with Crippen molar-refractivity contribution in [3.05, 3.63) is 58.5 Å². The summed E-state index contributed by atoms with van der Waals surface area (Å²) in [6, 6.07) is 7.94. The maximum atomic E-state index is 13.2. The van der Waals surface area contributed by atoms with Crippen LogP contribution >= 0.6 is 0 Å². The van der Waals surface area contributed by atoms with E-state index in [-0.39, 0.29) is 33.2 Å². The number of methoxy groups -OCH3 is 2. The van der Waals surface area contributed by atoms with Crippen LogP contribution in [0.5, 0.6) is 17.2 Å². The van der Waals surface area contributed by atoms with E-state index in [1.807, 2.05) is 0 Å². The van der Waals surface area contributed by atoms with Crippen molar-refractivity contribution in [1.82, 2.24) is 0 Å². The summed E-state index contributed by atoms with van der Waals surface area (Å²) in [5, 5.41) is 43.9. The fourth-order valence-electron chi connectivity index (χ4n) is 5.01. The molecule has 0 amide bonds. The maximum absolute atomic E-state index is 13.2. The fourth-order valence-corrected chi connectivity index (χ4v) is 5.01. The molecule has 5 atom stereocenters. The Morgan fingerprint density at radius 2 is 1.61 bits per heavy atom. The summed E-state index contributed by atoms with van der Waals surface area (Å²) in [5.74, 6) is 0.536. The van der Waals surface area contributed by atoms with Crippen LogP contribution in [0.2, 0.25) is 0 Å². The number of phenolic OH excluding ortho intramolecular Hbond substituents is 1. The minimum atomic E-state index is -1.50. The molecule has 3 aromatic carbocycles. The van der Waals surface area contributed by atoms with Gasteiger partial charge in [0.1, 0.15) is 47.2 Å². The molecule has 0 saturated carbocycles. The first kappa shape index (κ1) is 24.1. The largest absolute Gasteiger partial charge is 0.507 e. The van der Waals surface area contributed by atoms with Crippen molar-refractivity contribution in [2.75, 3.05) is 14.2 Å². The number of hydrogen-bond acceptors (Lipinski definition) is 9. The van der Waals surface area contributed by atoms with E-state index in [2.05, 4.69) is 6.58 Å². The van der Waals surface area contributed by atoms with Gasteiger partial charge in [-0.3, -0.25) is 0 Å². The average molecular weight is 494 g/mol. The van der Waals surface area contributed by atoms with E-state index in [1.54, 1.807) is 31.2 Å². The lowest BCUT2D eigenvalue weighted by Gasteiger charge is -2.40. The van der Waals surface area contributed by atoms with E-state index in [4.69, 9.17) is 18.6 Å². The zero-order chi connectivity index (χ0) is 25.9. The van der Waals surface area contributed by atoms with Crippen LogP contribution in [0.1, 0.15) is 24.2 Å². The molecular weight excluding hydrogens is 468 g/mol. The molecule has 0 radical (unpaired) electrons. The summed E-state index contributed by atoms with van der Waals surface area (Å²) in [7, 11) is 2.92. The Morgan fingerprint density at radius 3 is 2.28 bits per heavy atom. The van der Waals surface area contributed by atoms with Gasteiger partial charge in [0, 0.05) is 16.2 Å². The Bertz CT molecular complexity index is 1570. The quantitative estimate of drug-likeness (QED) is 0.249. The molecule has 4 aromatic rings. The smallest absolute Gasteiger partial charge is 0.344 e. The van der Waals surface area contributed by atoms with Crippen LogP contribution in [-0.2, 0) is 4.74 Å². The average Bonchev–Trinajstić information content (AvgIpc) is 2.89. The molecule has 0 spiro atoms. The third-order valence-electron chi connectivity index (χ3n) is 6.85. The van der Waals surface area contributed by atoms with Crippen molar-refractivity contribution in [3.8, 4) is 17.2 Å². The molecule has 2 heterocycles. The Hall–Kier alpha value is -3.63. The van der Waals surface area contributed by atoms with Crippen LogP contribution in [0.3, 0.4) is 0 Å². The summed E-state index contributed by atoms with van der Waals surface area (Å²) < 4.78 is 22.9. The fraction of sp³-hybridized carbons (Fsp3) is 0.296. The standard InChI is InChI=1S/C27H26O9/c1-5-12-8-15-19(17(9-12)33-3)14-10-18(34-4)21-16(28)7-6-13(20(21)25(14)36-27(15)32)26-24(31)23(30)22(29)11(2)35-26/h5-11,22-24,26,28-31H,1H2,2-4H3/t11-,22-,23+,24+,26-/m0/s1. The minimum Gasteiger partial charge on any atom is -0.507 e. The molecule has 9 heteroatoms. The highest BCUT2D eigenvalue weighted by Gasteiger charge is 2.43. The van der Waals surface area contributed by atoms with Crippen LogP contribution in [0, 0.1) is 0 Å². The Labute approximate surface area is 205 Å². The molecule has 4 N–H and O–H groups in total. The number of ether oxygens (including phenoxy) is 3. The SMILES string of the molecule is C=Cc1cc(OC)c2c(c1)c(=O)oc1c2cc(OC)c2c(O)ccc([C@@H]3O[C@@H](C)[C@H](O)[C@@H](O)[C@H]3O)c21. The van der Waals surface area contributed by atoms with Gasteiger partial charge < -0.3 is 39.1 Å². The van der Waals surface area contributed by atoms with Crippen molar-refractivity contribution < 1.29 is 39.1 Å². The molecule has 5 rings (SSSR count). The van der Waals surface area contributed by atoms with Crippen molar-refractivity contribution >= 4 is 38.6 Å². The van der Waals surface area contributed by atoms with E-state index in [0.717, 1.165) is 0 Å². The number of phenols is 1. The van der Waals surface area contributed by atoms with E-state index in [0.29, 0.717) is 27.6 Å². The lowest BCUT2D eigenvalue weighted by Crippen LogP contribution is -2.53. The first-order valence-corrected chi connectivity index (χ1v) is 11.3. The number of aromatic hydroxyl groups is 1. The monoisotopic (exact) mass is 494 g/mol. The number of fused-ring (bicyclic) bond motifs is 5. The molecule has 188 valence electrons. The third kappa shape index (κ3) is 3.43. The van der Waals surface area contributed by atoms with E-state index in [9.17, 15) is 25.2 Å². The summed E-state index contributed by atoms with van der Waals surface area (Å²) in [6.07, 6.45) is -4.60. The number of rotatable bonds is 4. The summed E-state index contributed by atoms with van der Waals surface area (Å²) in [6.45, 7) is 5.33. The summed E-state index contributed by atoms with van der Waals surface area (Å²) in [5.41, 5.74) is 0.468. The van der Waals surface area contributed by atoms with Gasteiger partial charge in [0.15, 0.2) is 0 Å². The van der Waals surface area contributed by atoms with Crippen molar-refractivity contribution in [3.63, 3.8) is 0 Å². The predicted octanol–water partition coefficient (Wildman–Crippen LogP) is 3.01. The third-order valence-corrected chi connectivity index (χ3v) is 6.85. The highest BCUT2D eigenvalue weighted by Crippen LogP contribution is 2.47. The van der Waals surface area contributed by atoms with Gasteiger partial charge in [-0.15, -0.1) is 0 Å². The zero-order valence-electron chi connectivity index (χ0n) is 19.9. The Kier molecular flexibility index (Phi) is 5.88. The van der Waals surface area contributed by atoms with Gasteiger partial charge >= 0.3 is 5.63 Å². The van der Waals surface area contributed by atoms with E-state index >= 15 is 0 Å². The van der Waals surface area contributed by atoms with Crippen LogP contribution in [0.25, 0.3) is 38.6 Å². The highest BCUT2D eigenvalue weighted by molar-refractivity contribution is 6.19. The topological polar surface area (TPSA) is 139 Å². The van der Waals surface area contributed by atoms with Gasteiger partial charge in [0.2, 0.25) is 0 Å². The molecule has 1 aromatic heterocycles. The normalized spacial score (nSPS) is 24.3. The molecule has 1 saturated heterocycles. The Morgan fingerprint density at radius 1 is 0.917 bits per heavy atom. The van der Waals surface area contributed by atoms with Crippen LogP contribution in [0.4, 0.5) is 0 Å². The molecule has 0 aliphatic carbocycles. The number of aliphatic hydroxyl groups is 3. The molecule has 0 unspecified atom stereocenters. The molecule has 1 aliphatic heterocycles. The second-order valence-corrected chi connectivity index (χ2v) is 8.85. The lowest BCUT2D eigenvalue weighted by molar-refractivity contribution is -0.219.